The number of hydrogen-bond acceptors (Lipinski definition) is 1. The Morgan fingerprint density at radius 2 is 1.74 bits per heavy atom. The van der Waals surface area contributed by atoms with E-state index in [1.54, 1.807) is 6.07 Å². The van der Waals surface area contributed by atoms with Gasteiger partial charge in [-0.1, -0.05) is 57.3 Å². The Hall–Kier alpha value is -0.540. The van der Waals surface area contributed by atoms with Crippen LogP contribution < -0.4 is 5.73 Å². The molecule has 0 aromatic heterocycles. The van der Waals surface area contributed by atoms with Gasteiger partial charge in [-0.15, -0.1) is 0 Å². The average Bonchev–Trinajstić information content (AvgIpc) is 2.36. The molecule has 0 aliphatic heterocycles. The quantitative estimate of drug-likeness (QED) is 0.761. The molecule has 1 nitrogen and oxygen atoms in total. The lowest BCUT2D eigenvalue weighted by Crippen LogP contribution is -2.14. The number of hydrogen-bond donors (Lipinski definition) is 1. The van der Waals surface area contributed by atoms with E-state index < -0.39 is 0 Å². The first-order valence-electron chi connectivity index (χ1n) is 5.88. The van der Waals surface area contributed by atoms with E-state index in [4.69, 9.17) is 28.9 Å². The van der Waals surface area contributed by atoms with E-state index in [0.29, 0.717) is 10.0 Å². The summed E-state index contributed by atoms with van der Waals surface area (Å²) in [5, 5.41) is 1.05. The molecule has 0 amide bonds. The highest BCUT2D eigenvalue weighted by molar-refractivity contribution is 9.10. The molecule has 0 aliphatic rings. The lowest BCUT2D eigenvalue weighted by atomic mass is 9.94. The number of halogens is 3. The molecule has 0 bridgehead atoms. The SMILES string of the molecule is Cc1cc(C(N)c2cccc(Cl)c2Cl)c(C)cc1Br. The molecule has 2 aromatic rings. The van der Waals surface area contributed by atoms with Crippen LogP contribution in [0.1, 0.15) is 28.3 Å². The van der Waals surface area contributed by atoms with Crippen molar-refractivity contribution in [3.8, 4) is 0 Å². The fourth-order valence-electron chi connectivity index (χ4n) is 2.07. The van der Waals surface area contributed by atoms with Crippen LogP contribution in [-0.4, -0.2) is 0 Å². The summed E-state index contributed by atoms with van der Waals surface area (Å²) < 4.78 is 1.08. The molecule has 2 N–H and O–H groups in total. The largest absolute Gasteiger partial charge is 0.320 e. The molecular formula is C15H14BrCl2N. The standard InChI is InChI=1S/C15H14BrCl2N/c1-8-7-12(16)9(2)6-11(8)15(19)10-4-3-5-13(17)14(10)18/h3-7,15H,19H2,1-2H3. The van der Waals surface area contributed by atoms with Crippen LogP contribution in [0, 0.1) is 13.8 Å². The Kier molecular flexibility index (Phi) is 4.57. The molecule has 100 valence electrons. The van der Waals surface area contributed by atoms with Crippen molar-refractivity contribution in [3.63, 3.8) is 0 Å². The topological polar surface area (TPSA) is 26.0 Å². The summed E-state index contributed by atoms with van der Waals surface area (Å²) in [5.74, 6) is 0. The van der Waals surface area contributed by atoms with Crippen molar-refractivity contribution in [2.75, 3.05) is 0 Å². The summed E-state index contributed by atoms with van der Waals surface area (Å²) >= 11 is 15.8. The molecule has 0 heterocycles. The van der Waals surface area contributed by atoms with E-state index in [-0.39, 0.29) is 6.04 Å². The Balaban J connectivity index is 2.53. The van der Waals surface area contributed by atoms with E-state index in [2.05, 4.69) is 28.1 Å². The first-order valence-corrected chi connectivity index (χ1v) is 7.43. The van der Waals surface area contributed by atoms with Gasteiger partial charge < -0.3 is 5.73 Å². The molecule has 0 fully saturated rings. The molecule has 19 heavy (non-hydrogen) atoms. The fraction of sp³-hybridized carbons (Fsp3) is 0.200. The van der Waals surface area contributed by atoms with E-state index in [9.17, 15) is 0 Å². The highest BCUT2D eigenvalue weighted by atomic mass is 79.9. The summed E-state index contributed by atoms with van der Waals surface area (Å²) in [5.41, 5.74) is 10.5. The number of aryl methyl sites for hydroxylation is 2. The van der Waals surface area contributed by atoms with Gasteiger partial charge in [0.25, 0.3) is 0 Å². The van der Waals surface area contributed by atoms with Crippen molar-refractivity contribution < 1.29 is 0 Å². The van der Waals surface area contributed by atoms with Gasteiger partial charge in [0, 0.05) is 4.47 Å². The Morgan fingerprint density at radius 3 is 2.42 bits per heavy atom. The molecular weight excluding hydrogens is 345 g/mol. The van der Waals surface area contributed by atoms with Crippen LogP contribution in [0.5, 0.6) is 0 Å². The van der Waals surface area contributed by atoms with E-state index >= 15 is 0 Å². The average molecular weight is 359 g/mol. The third-order valence-electron chi connectivity index (χ3n) is 3.20. The van der Waals surface area contributed by atoms with E-state index in [1.165, 1.54) is 0 Å². The maximum Gasteiger partial charge on any atom is 0.0643 e. The van der Waals surface area contributed by atoms with Crippen LogP contribution in [0.2, 0.25) is 10.0 Å². The second kappa shape index (κ2) is 5.84. The summed E-state index contributed by atoms with van der Waals surface area (Å²) in [6.45, 7) is 4.08. The lowest BCUT2D eigenvalue weighted by Gasteiger charge is -2.18. The molecule has 0 saturated heterocycles. The van der Waals surface area contributed by atoms with Crippen LogP contribution >= 0.6 is 39.1 Å². The van der Waals surface area contributed by atoms with Crippen LogP contribution in [0.25, 0.3) is 0 Å². The Morgan fingerprint density at radius 1 is 1.05 bits per heavy atom. The van der Waals surface area contributed by atoms with Crippen molar-refractivity contribution in [1.29, 1.82) is 0 Å². The summed E-state index contributed by atoms with van der Waals surface area (Å²) in [6, 6.07) is 9.42. The van der Waals surface area contributed by atoms with Gasteiger partial charge in [0.1, 0.15) is 0 Å². The van der Waals surface area contributed by atoms with E-state index in [0.717, 1.165) is 26.7 Å². The molecule has 0 radical (unpaired) electrons. The minimum absolute atomic E-state index is 0.280. The van der Waals surface area contributed by atoms with Gasteiger partial charge in [-0.25, -0.2) is 0 Å². The summed E-state index contributed by atoms with van der Waals surface area (Å²) in [7, 11) is 0. The highest BCUT2D eigenvalue weighted by Gasteiger charge is 2.17. The van der Waals surface area contributed by atoms with Crippen molar-refractivity contribution in [2.24, 2.45) is 5.73 Å². The Labute approximate surface area is 131 Å². The minimum Gasteiger partial charge on any atom is -0.320 e. The van der Waals surface area contributed by atoms with Gasteiger partial charge in [-0.2, -0.15) is 0 Å². The normalized spacial score (nSPS) is 12.5. The van der Waals surface area contributed by atoms with Gasteiger partial charge in [0.15, 0.2) is 0 Å². The molecule has 1 unspecified atom stereocenters. The monoisotopic (exact) mass is 357 g/mol. The van der Waals surface area contributed by atoms with Crippen molar-refractivity contribution in [1.82, 2.24) is 0 Å². The van der Waals surface area contributed by atoms with Gasteiger partial charge >= 0.3 is 0 Å². The van der Waals surface area contributed by atoms with Crippen molar-refractivity contribution >= 4 is 39.1 Å². The maximum atomic E-state index is 6.35. The van der Waals surface area contributed by atoms with Gasteiger partial charge in [0.05, 0.1) is 16.1 Å². The van der Waals surface area contributed by atoms with Crippen molar-refractivity contribution in [2.45, 2.75) is 19.9 Å². The zero-order valence-corrected chi connectivity index (χ0v) is 13.8. The number of rotatable bonds is 2. The van der Waals surface area contributed by atoms with E-state index in [1.807, 2.05) is 26.0 Å². The van der Waals surface area contributed by atoms with Gasteiger partial charge in [0.2, 0.25) is 0 Å². The third kappa shape index (κ3) is 2.97. The smallest absolute Gasteiger partial charge is 0.0643 e. The first kappa shape index (κ1) is 14.9. The maximum absolute atomic E-state index is 6.35. The van der Waals surface area contributed by atoms with Crippen LogP contribution in [0.3, 0.4) is 0 Å². The zero-order chi connectivity index (χ0) is 14.2. The van der Waals surface area contributed by atoms with Crippen LogP contribution in [0.15, 0.2) is 34.8 Å². The lowest BCUT2D eigenvalue weighted by molar-refractivity contribution is 0.859. The number of benzene rings is 2. The van der Waals surface area contributed by atoms with Gasteiger partial charge in [-0.3, -0.25) is 0 Å². The fourth-order valence-corrected chi connectivity index (χ4v) is 2.95. The van der Waals surface area contributed by atoms with Crippen molar-refractivity contribution in [3.05, 3.63) is 67.1 Å². The molecule has 0 aliphatic carbocycles. The Bertz CT molecular complexity index is 626. The minimum atomic E-state index is -0.280. The van der Waals surface area contributed by atoms with Gasteiger partial charge in [-0.05, 0) is 48.2 Å². The highest BCUT2D eigenvalue weighted by Crippen LogP contribution is 2.34. The molecule has 1 atom stereocenters. The molecule has 2 aromatic carbocycles. The molecule has 0 saturated carbocycles. The molecule has 4 heteroatoms. The second-order valence-electron chi connectivity index (χ2n) is 4.58. The van der Waals surface area contributed by atoms with Crippen LogP contribution in [0.4, 0.5) is 0 Å². The second-order valence-corrected chi connectivity index (χ2v) is 6.22. The number of nitrogens with two attached hydrogens (primary N) is 1. The molecule has 2 rings (SSSR count). The summed E-state index contributed by atoms with van der Waals surface area (Å²) in [4.78, 5) is 0. The zero-order valence-electron chi connectivity index (χ0n) is 10.7. The summed E-state index contributed by atoms with van der Waals surface area (Å²) in [6.07, 6.45) is 0. The third-order valence-corrected chi connectivity index (χ3v) is 4.89. The molecule has 0 spiro atoms. The van der Waals surface area contributed by atoms with Crippen LogP contribution in [-0.2, 0) is 0 Å². The first-order chi connectivity index (χ1) is 8.91. The predicted molar refractivity (Wildman–Crippen MR) is 86.1 cm³/mol. The predicted octanol–water partition coefficient (Wildman–Crippen LogP) is 5.42.